The summed E-state index contributed by atoms with van der Waals surface area (Å²) in [5, 5.41) is 0.995. The molecule has 4 N–H and O–H groups in total. The smallest absolute Gasteiger partial charge is 0.307 e. The number of para-hydroxylation sites is 2. The highest BCUT2D eigenvalue weighted by Gasteiger charge is 1.97. The molecule has 0 atom stereocenters. The van der Waals surface area contributed by atoms with E-state index in [2.05, 4.69) is 19.9 Å². The Morgan fingerprint density at radius 1 is 0.500 bits per heavy atom. The molecule has 4 aromatic rings. The highest BCUT2D eigenvalue weighted by atomic mass is 16.2. The third kappa shape index (κ3) is 3.07. The van der Waals surface area contributed by atoms with Gasteiger partial charge in [-0.05, 0) is 24.3 Å². The van der Waals surface area contributed by atoms with Crippen molar-refractivity contribution >= 4 is 21.8 Å². The predicted octanol–water partition coefficient (Wildman–Crippen LogP) is 0.433. The zero-order chi connectivity index (χ0) is 17.1. The van der Waals surface area contributed by atoms with E-state index in [1.54, 1.807) is 48.5 Å². The van der Waals surface area contributed by atoms with Gasteiger partial charge in [-0.1, -0.05) is 24.3 Å². The van der Waals surface area contributed by atoms with Crippen LogP contribution in [0.15, 0.2) is 67.7 Å². The molecule has 0 aliphatic heterocycles. The van der Waals surface area contributed by atoms with Crippen molar-refractivity contribution < 1.29 is 0 Å². The first-order chi connectivity index (χ1) is 11.5. The van der Waals surface area contributed by atoms with Crippen LogP contribution in [0.3, 0.4) is 0 Å². The highest BCUT2D eigenvalue weighted by Crippen LogP contribution is 2.02. The minimum Gasteiger partial charge on any atom is -0.307 e. The molecule has 0 aliphatic rings. The van der Waals surface area contributed by atoms with Gasteiger partial charge in [0.05, 0.1) is 21.8 Å². The molecule has 0 radical (unpaired) electrons. The molecule has 0 saturated heterocycles. The summed E-state index contributed by atoms with van der Waals surface area (Å²) in [6.45, 7) is 0. The van der Waals surface area contributed by atoms with E-state index in [9.17, 15) is 19.2 Å². The molecule has 0 amide bonds. The van der Waals surface area contributed by atoms with E-state index in [0.717, 1.165) is 0 Å². The second-order valence-electron chi connectivity index (χ2n) is 4.91. The molecule has 8 heteroatoms. The van der Waals surface area contributed by atoms with Gasteiger partial charge < -0.3 is 9.97 Å². The Bertz CT molecular complexity index is 1150. The van der Waals surface area contributed by atoms with Crippen molar-refractivity contribution in [2.75, 3.05) is 0 Å². The first-order valence-electron chi connectivity index (χ1n) is 6.97. The number of hydrogen-bond donors (Lipinski definition) is 4. The second-order valence-corrected chi connectivity index (χ2v) is 4.91. The van der Waals surface area contributed by atoms with Crippen molar-refractivity contribution in [1.29, 1.82) is 0 Å². The Morgan fingerprint density at radius 2 is 0.875 bits per heavy atom. The van der Waals surface area contributed by atoms with Crippen molar-refractivity contribution in [1.82, 2.24) is 19.9 Å². The molecular formula is C16H12N4O4. The number of H-pyrrole nitrogens is 4. The standard InChI is InChI=1S/2C8H6N2O2/c2*11-7-5-3-1-2-4-6(5)9-8(12)10-7/h2*1-4H,(H2,9,10,11,12). The molecule has 4 rings (SSSR count). The lowest BCUT2D eigenvalue weighted by Gasteiger charge is -1.92. The van der Waals surface area contributed by atoms with E-state index in [0.29, 0.717) is 21.8 Å². The van der Waals surface area contributed by atoms with Crippen molar-refractivity contribution in [3.05, 3.63) is 90.2 Å². The first kappa shape index (κ1) is 15.2. The number of hydrogen-bond acceptors (Lipinski definition) is 4. The Kier molecular flexibility index (Phi) is 3.94. The number of aromatic amines is 4. The third-order valence-electron chi connectivity index (χ3n) is 3.29. The lowest BCUT2D eigenvalue weighted by molar-refractivity contribution is 1.08. The monoisotopic (exact) mass is 324 g/mol. The summed E-state index contributed by atoms with van der Waals surface area (Å²) in [6.07, 6.45) is 0. The van der Waals surface area contributed by atoms with Crippen molar-refractivity contribution in [3.8, 4) is 0 Å². The van der Waals surface area contributed by atoms with Crippen LogP contribution < -0.4 is 22.5 Å². The minimum absolute atomic E-state index is 0.352. The Hall–Kier alpha value is -3.68. The summed E-state index contributed by atoms with van der Waals surface area (Å²) in [5.74, 6) is 0. The van der Waals surface area contributed by atoms with Gasteiger partial charge in [0.25, 0.3) is 11.1 Å². The lowest BCUT2D eigenvalue weighted by atomic mass is 10.2. The van der Waals surface area contributed by atoms with Gasteiger partial charge in [0.1, 0.15) is 0 Å². The molecule has 0 unspecified atom stereocenters. The zero-order valence-electron chi connectivity index (χ0n) is 12.3. The normalized spacial score (nSPS) is 10.3. The predicted molar refractivity (Wildman–Crippen MR) is 90.4 cm³/mol. The van der Waals surface area contributed by atoms with Gasteiger partial charge in [0, 0.05) is 0 Å². The maximum absolute atomic E-state index is 11.1. The van der Waals surface area contributed by atoms with Crippen molar-refractivity contribution in [2.45, 2.75) is 0 Å². The Balaban J connectivity index is 0.000000141. The van der Waals surface area contributed by atoms with Crippen molar-refractivity contribution in [2.24, 2.45) is 0 Å². The van der Waals surface area contributed by atoms with Crippen LogP contribution in [0.2, 0.25) is 0 Å². The molecule has 0 saturated carbocycles. The average Bonchev–Trinajstić information content (AvgIpc) is 2.55. The zero-order valence-corrected chi connectivity index (χ0v) is 12.3. The third-order valence-corrected chi connectivity index (χ3v) is 3.29. The van der Waals surface area contributed by atoms with Crippen LogP contribution in [0.4, 0.5) is 0 Å². The van der Waals surface area contributed by atoms with E-state index >= 15 is 0 Å². The summed E-state index contributed by atoms with van der Waals surface area (Å²) in [7, 11) is 0. The summed E-state index contributed by atoms with van der Waals surface area (Å²) in [4.78, 5) is 53.2. The molecule has 8 nitrogen and oxygen atoms in total. The number of nitrogens with one attached hydrogen (secondary N) is 4. The average molecular weight is 324 g/mol. The van der Waals surface area contributed by atoms with Gasteiger partial charge in [-0.25, -0.2) is 9.59 Å². The van der Waals surface area contributed by atoms with Gasteiger partial charge in [0.15, 0.2) is 0 Å². The SMILES string of the molecule is O=c1[nH]c(=O)c2ccccc2[nH]1.O=c1[nH]c(=O)c2ccccc2[nH]1. The van der Waals surface area contributed by atoms with E-state index in [-0.39, 0.29) is 11.1 Å². The maximum Gasteiger partial charge on any atom is 0.326 e. The van der Waals surface area contributed by atoms with Crippen LogP contribution in [0.5, 0.6) is 0 Å². The maximum atomic E-state index is 11.1. The molecule has 0 fully saturated rings. The van der Waals surface area contributed by atoms with Crippen LogP contribution >= 0.6 is 0 Å². The number of aromatic nitrogens is 4. The fourth-order valence-electron chi connectivity index (χ4n) is 2.23. The van der Waals surface area contributed by atoms with E-state index < -0.39 is 11.4 Å². The molecule has 2 aromatic carbocycles. The van der Waals surface area contributed by atoms with Crippen LogP contribution in [0.1, 0.15) is 0 Å². The van der Waals surface area contributed by atoms with Gasteiger partial charge in [-0.3, -0.25) is 19.6 Å². The van der Waals surface area contributed by atoms with Gasteiger partial charge >= 0.3 is 11.4 Å². The Morgan fingerprint density at radius 3 is 1.29 bits per heavy atom. The minimum atomic E-state index is -0.473. The number of benzene rings is 2. The molecule has 24 heavy (non-hydrogen) atoms. The van der Waals surface area contributed by atoms with Crippen LogP contribution in [0, 0.1) is 0 Å². The van der Waals surface area contributed by atoms with E-state index in [1.807, 2.05) is 0 Å². The Labute approximate surface area is 132 Å². The molecule has 0 bridgehead atoms. The van der Waals surface area contributed by atoms with Gasteiger partial charge in [-0.15, -0.1) is 0 Å². The quantitative estimate of drug-likeness (QED) is 0.373. The topological polar surface area (TPSA) is 131 Å². The molecule has 2 aromatic heterocycles. The summed E-state index contributed by atoms with van der Waals surface area (Å²) < 4.78 is 0. The van der Waals surface area contributed by atoms with Crippen LogP contribution in [0.25, 0.3) is 21.8 Å². The first-order valence-corrected chi connectivity index (χ1v) is 6.97. The molecule has 120 valence electrons. The van der Waals surface area contributed by atoms with Crippen LogP contribution in [-0.2, 0) is 0 Å². The molecule has 2 heterocycles. The number of rotatable bonds is 0. The molecule has 0 aliphatic carbocycles. The van der Waals surface area contributed by atoms with E-state index in [4.69, 9.17) is 0 Å². The van der Waals surface area contributed by atoms with Gasteiger partial charge in [0.2, 0.25) is 0 Å². The second kappa shape index (κ2) is 6.21. The lowest BCUT2D eigenvalue weighted by Crippen LogP contribution is -2.21. The van der Waals surface area contributed by atoms with Gasteiger partial charge in [-0.2, -0.15) is 0 Å². The summed E-state index contributed by atoms with van der Waals surface area (Å²) in [6, 6.07) is 13.7. The molecular weight excluding hydrogens is 312 g/mol. The van der Waals surface area contributed by atoms with E-state index in [1.165, 1.54) is 0 Å². The molecule has 0 spiro atoms. The largest absolute Gasteiger partial charge is 0.326 e. The fourth-order valence-corrected chi connectivity index (χ4v) is 2.23. The summed E-state index contributed by atoms with van der Waals surface area (Å²) in [5.41, 5.74) is -0.529. The van der Waals surface area contributed by atoms with Crippen LogP contribution in [-0.4, -0.2) is 19.9 Å². The number of fused-ring (bicyclic) bond motifs is 2. The highest BCUT2D eigenvalue weighted by molar-refractivity contribution is 5.77. The fraction of sp³-hybridized carbons (Fsp3) is 0. The summed E-state index contributed by atoms with van der Waals surface area (Å²) >= 11 is 0. The van der Waals surface area contributed by atoms with Crippen molar-refractivity contribution in [3.63, 3.8) is 0 Å².